The number of pyridine rings is 1. The molecule has 1 aliphatic rings. The third kappa shape index (κ3) is 3.24. The van der Waals surface area contributed by atoms with E-state index in [1.54, 1.807) is 42.5 Å². The molecule has 2 N–H and O–H groups in total. The van der Waals surface area contributed by atoms with Crippen LogP contribution in [0.2, 0.25) is 0 Å². The molecule has 0 bridgehead atoms. The van der Waals surface area contributed by atoms with E-state index in [1.165, 1.54) is 24.4 Å². The molecule has 0 saturated carbocycles. The second kappa shape index (κ2) is 7.41. The third-order valence-corrected chi connectivity index (χ3v) is 5.00. The van der Waals surface area contributed by atoms with Crippen molar-refractivity contribution in [3.05, 3.63) is 101 Å². The molecule has 0 fully saturated rings. The van der Waals surface area contributed by atoms with Crippen LogP contribution in [0.15, 0.2) is 71.9 Å². The maximum Gasteiger partial charge on any atom is 0.212 e. The van der Waals surface area contributed by atoms with Crippen LogP contribution in [0, 0.1) is 23.1 Å². The summed E-state index contributed by atoms with van der Waals surface area (Å²) in [5, 5.41) is 22.5. The van der Waals surface area contributed by atoms with Gasteiger partial charge < -0.3 is 10.4 Å². The first-order valence-electron chi connectivity index (χ1n) is 8.92. The molecule has 0 radical (unpaired) electrons. The van der Waals surface area contributed by atoms with Gasteiger partial charge in [-0.05, 0) is 35.9 Å². The fourth-order valence-electron chi connectivity index (χ4n) is 3.62. The lowest BCUT2D eigenvalue weighted by Crippen LogP contribution is -2.46. The topological polar surface area (TPSA) is 81.3 Å². The van der Waals surface area contributed by atoms with Crippen molar-refractivity contribution in [2.75, 3.05) is 6.61 Å². The first-order valence-corrected chi connectivity index (χ1v) is 8.92. The lowest BCUT2D eigenvalue weighted by Gasteiger charge is -2.32. The molecule has 0 spiro atoms. The Morgan fingerprint density at radius 3 is 2.48 bits per heavy atom. The lowest BCUT2D eigenvalue weighted by molar-refractivity contribution is 0.221. The SMILES string of the molecule is N#Cc1cccc(C2=N[C@](c3ccc(F)cc3)(c3ccc(F)nc3)[C@H](CO)N2)c1. The van der Waals surface area contributed by atoms with Crippen molar-refractivity contribution in [3.8, 4) is 6.07 Å². The van der Waals surface area contributed by atoms with Crippen molar-refractivity contribution >= 4 is 5.84 Å². The molecular formula is C22H16F2N4O. The van der Waals surface area contributed by atoms with Gasteiger partial charge in [0.1, 0.15) is 17.2 Å². The first-order chi connectivity index (χ1) is 14.1. The number of nitriles is 1. The van der Waals surface area contributed by atoms with Crippen LogP contribution in [-0.4, -0.2) is 28.6 Å². The van der Waals surface area contributed by atoms with Gasteiger partial charge in [0.25, 0.3) is 0 Å². The summed E-state index contributed by atoms with van der Waals surface area (Å²) in [5.74, 6) is -0.575. The van der Waals surface area contributed by atoms with Gasteiger partial charge in [0, 0.05) is 17.3 Å². The highest BCUT2D eigenvalue weighted by Gasteiger charge is 2.47. The van der Waals surface area contributed by atoms with Gasteiger partial charge in [0.15, 0.2) is 0 Å². The Kier molecular flexibility index (Phi) is 4.79. The van der Waals surface area contributed by atoms with Crippen LogP contribution in [-0.2, 0) is 5.54 Å². The molecule has 1 aliphatic heterocycles. The molecule has 2 aromatic carbocycles. The Bertz CT molecular complexity index is 1060. The third-order valence-electron chi connectivity index (χ3n) is 5.00. The first kappa shape index (κ1) is 18.7. The summed E-state index contributed by atoms with van der Waals surface area (Å²) in [6, 6.07) is 16.9. The number of aliphatic hydroxyl groups is 1. The fourth-order valence-corrected chi connectivity index (χ4v) is 3.62. The number of amidine groups is 1. The van der Waals surface area contributed by atoms with Gasteiger partial charge in [-0.1, -0.05) is 30.3 Å². The summed E-state index contributed by atoms with van der Waals surface area (Å²) in [7, 11) is 0. The van der Waals surface area contributed by atoms with Gasteiger partial charge in [0.05, 0.1) is 24.3 Å². The molecule has 0 amide bonds. The van der Waals surface area contributed by atoms with E-state index in [0.29, 0.717) is 28.1 Å². The molecule has 1 aromatic heterocycles. The summed E-state index contributed by atoms with van der Waals surface area (Å²) in [6.45, 7) is -0.292. The van der Waals surface area contributed by atoms with E-state index >= 15 is 0 Å². The highest BCUT2D eigenvalue weighted by molar-refractivity contribution is 6.01. The Hall–Kier alpha value is -3.63. The van der Waals surface area contributed by atoms with Gasteiger partial charge in [-0.25, -0.2) is 14.4 Å². The second-order valence-corrected chi connectivity index (χ2v) is 6.68. The minimum atomic E-state index is -1.15. The van der Waals surface area contributed by atoms with Crippen LogP contribution in [0.4, 0.5) is 8.78 Å². The number of rotatable bonds is 4. The summed E-state index contributed by atoms with van der Waals surface area (Å²) in [5.41, 5.74) is 1.15. The Balaban J connectivity index is 1.94. The van der Waals surface area contributed by atoms with Crippen molar-refractivity contribution in [1.82, 2.24) is 10.3 Å². The Morgan fingerprint density at radius 2 is 1.83 bits per heavy atom. The average Bonchev–Trinajstić information content (AvgIpc) is 3.15. The van der Waals surface area contributed by atoms with Gasteiger partial charge in [0.2, 0.25) is 5.95 Å². The number of nitrogens with zero attached hydrogens (tertiary/aromatic N) is 3. The van der Waals surface area contributed by atoms with E-state index in [2.05, 4.69) is 16.4 Å². The maximum absolute atomic E-state index is 13.6. The molecule has 0 aliphatic carbocycles. The summed E-state index contributed by atoms with van der Waals surface area (Å²) >= 11 is 0. The van der Waals surface area contributed by atoms with E-state index in [9.17, 15) is 19.1 Å². The molecule has 5 nitrogen and oxygen atoms in total. The molecule has 4 rings (SSSR count). The van der Waals surface area contributed by atoms with Crippen molar-refractivity contribution in [3.63, 3.8) is 0 Å². The summed E-state index contributed by atoms with van der Waals surface area (Å²) in [6.07, 6.45) is 1.36. The lowest BCUT2D eigenvalue weighted by atomic mass is 9.79. The van der Waals surface area contributed by atoms with Gasteiger partial charge in [-0.15, -0.1) is 0 Å². The zero-order chi connectivity index (χ0) is 20.4. The number of benzene rings is 2. The normalized spacial score (nSPS) is 20.6. The van der Waals surface area contributed by atoms with E-state index in [4.69, 9.17) is 4.99 Å². The molecule has 29 heavy (non-hydrogen) atoms. The second-order valence-electron chi connectivity index (χ2n) is 6.68. The van der Waals surface area contributed by atoms with Crippen LogP contribution < -0.4 is 5.32 Å². The minimum Gasteiger partial charge on any atom is -0.394 e. The highest BCUT2D eigenvalue weighted by Crippen LogP contribution is 2.40. The van der Waals surface area contributed by atoms with Gasteiger partial charge in [-0.3, -0.25) is 0 Å². The molecule has 0 unspecified atom stereocenters. The molecule has 2 atom stereocenters. The Morgan fingerprint density at radius 1 is 1.07 bits per heavy atom. The van der Waals surface area contributed by atoms with Crippen LogP contribution in [0.1, 0.15) is 22.3 Å². The maximum atomic E-state index is 13.6. The van der Waals surface area contributed by atoms with Crippen molar-refractivity contribution < 1.29 is 13.9 Å². The molecule has 3 aromatic rings. The number of aliphatic hydroxyl groups excluding tert-OH is 1. The predicted molar refractivity (Wildman–Crippen MR) is 103 cm³/mol. The highest BCUT2D eigenvalue weighted by atomic mass is 19.1. The van der Waals surface area contributed by atoms with Gasteiger partial charge >= 0.3 is 0 Å². The van der Waals surface area contributed by atoms with Crippen LogP contribution in [0.3, 0.4) is 0 Å². The number of halogens is 2. The number of nitrogens with one attached hydrogen (secondary N) is 1. The average molecular weight is 390 g/mol. The number of hydrogen-bond acceptors (Lipinski definition) is 5. The minimum absolute atomic E-state index is 0.292. The van der Waals surface area contributed by atoms with E-state index < -0.39 is 23.3 Å². The van der Waals surface area contributed by atoms with Crippen LogP contribution in [0.25, 0.3) is 0 Å². The van der Waals surface area contributed by atoms with E-state index in [-0.39, 0.29) is 6.61 Å². The standard InChI is InChI=1S/C22H16F2N4O/c23-18-7-4-16(5-8-18)22(17-6-9-20(24)26-12-17)19(13-29)27-21(28-22)15-3-1-2-14(10-15)11-25/h1-10,12,19,29H,13H2,(H,27,28)/t19-,22+/m0/s1. The number of aromatic nitrogens is 1. The quantitative estimate of drug-likeness (QED) is 0.672. The van der Waals surface area contributed by atoms with Gasteiger partial charge in [-0.2, -0.15) is 9.65 Å². The molecule has 0 saturated heterocycles. The predicted octanol–water partition coefficient (Wildman–Crippen LogP) is 2.89. The monoisotopic (exact) mass is 390 g/mol. The molecule has 7 heteroatoms. The largest absolute Gasteiger partial charge is 0.394 e. The van der Waals surface area contributed by atoms with Crippen LogP contribution in [0.5, 0.6) is 0 Å². The van der Waals surface area contributed by atoms with Crippen molar-refractivity contribution in [2.45, 2.75) is 11.6 Å². The smallest absolute Gasteiger partial charge is 0.212 e. The van der Waals surface area contributed by atoms with Crippen molar-refractivity contribution in [1.29, 1.82) is 5.26 Å². The fraction of sp³-hybridized carbons (Fsp3) is 0.136. The van der Waals surface area contributed by atoms with Crippen molar-refractivity contribution in [2.24, 2.45) is 4.99 Å². The molecular weight excluding hydrogens is 374 g/mol. The zero-order valence-electron chi connectivity index (χ0n) is 15.2. The number of aliphatic imine (C=N–C) groups is 1. The Labute approximate surface area is 166 Å². The number of hydrogen-bond donors (Lipinski definition) is 2. The molecule has 144 valence electrons. The molecule has 2 heterocycles. The van der Waals surface area contributed by atoms with Crippen LogP contribution >= 0.6 is 0 Å². The summed E-state index contributed by atoms with van der Waals surface area (Å²) < 4.78 is 27.0. The zero-order valence-corrected chi connectivity index (χ0v) is 15.2. The van der Waals surface area contributed by atoms with E-state index in [1.807, 2.05) is 0 Å². The van der Waals surface area contributed by atoms with E-state index in [0.717, 1.165) is 0 Å². The summed E-state index contributed by atoms with van der Waals surface area (Å²) in [4.78, 5) is 8.61.